The average Bonchev–Trinajstić information content (AvgIpc) is 2.61. The lowest BCUT2D eigenvalue weighted by Crippen LogP contribution is -2.52. The molecule has 0 radical (unpaired) electrons. The molecule has 1 unspecified atom stereocenters. The number of nitrogens with zero attached hydrogens (tertiary/aromatic N) is 2. The first-order chi connectivity index (χ1) is 11.8. The first-order valence-electron chi connectivity index (χ1n) is 8.79. The van der Waals surface area contributed by atoms with Crippen molar-refractivity contribution in [1.82, 2.24) is 15.1 Å². The molecule has 1 atom stereocenters. The minimum atomic E-state index is -0.393. The van der Waals surface area contributed by atoms with Gasteiger partial charge in [0.05, 0.1) is 32.5 Å². The molecule has 0 bridgehead atoms. The molecule has 2 aliphatic heterocycles. The molecular weight excluding hydrogens is 326 g/mol. The van der Waals surface area contributed by atoms with Gasteiger partial charge in [-0.2, -0.15) is 0 Å². The van der Waals surface area contributed by atoms with Crippen molar-refractivity contribution in [2.45, 2.75) is 33.7 Å². The van der Waals surface area contributed by atoms with Crippen molar-refractivity contribution in [1.29, 1.82) is 0 Å². The van der Waals surface area contributed by atoms with Crippen molar-refractivity contribution in [3.05, 3.63) is 0 Å². The van der Waals surface area contributed by atoms with E-state index in [0.29, 0.717) is 39.5 Å². The molecule has 2 aliphatic rings. The SMILES string of the molecule is CC(=O)C(NC(=O)N1CCOCC1)C(C)C.CC(=O)N1CCOCC1. The largest absolute Gasteiger partial charge is 0.378 e. The Bertz CT molecular complexity index is 444. The van der Waals surface area contributed by atoms with Gasteiger partial charge in [0.1, 0.15) is 0 Å². The molecule has 2 saturated heterocycles. The van der Waals surface area contributed by atoms with Crippen molar-refractivity contribution < 1.29 is 23.9 Å². The number of carbonyl (C=O) groups is 3. The number of hydrogen-bond acceptors (Lipinski definition) is 5. The third-order valence-corrected chi connectivity index (χ3v) is 4.14. The molecule has 8 heteroatoms. The molecule has 0 aromatic carbocycles. The van der Waals surface area contributed by atoms with Gasteiger partial charge in [0.2, 0.25) is 5.91 Å². The fourth-order valence-corrected chi connectivity index (χ4v) is 2.61. The van der Waals surface area contributed by atoms with Crippen LogP contribution in [0.15, 0.2) is 0 Å². The first kappa shape index (κ1) is 21.4. The van der Waals surface area contributed by atoms with E-state index >= 15 is 0 Å². The zero-order chi connectivity index (χ0) is 18.8. The molecule has 0 aliphatic carbocycles. The van der Waals surface area contributed by atoms with E-state index in [2.05, 4.69) is 5.32 Å². The summed E-state index contributed by atoms with van der Waals surface area (Å²) >= 11 is 0. The molecule has 1 N–H and O–H groups in total. The fourth-order valence-electron chi connectivity index (χ4n) is 2.61. The Labute approximate surface area is 149 Å². The minimum absolute atomic E-state index is 0.00314. The van der Waals surface area contributed by atoms with Gasteiger partial charge in [-0.3, -0.25) is 9.59 Å². The fraction of sp³-hybridized carbons (Fsp3) is 0.824. The number of amides is 3. The van der Waals surface area contributed by atoms with E-state index in [9.17, 15) is 14.4 Å². The van der Waals surface area contributed by atoms with E-state index in [1.165, 1.54) is 6.92 Å². The summed E-state index contributed by atoms with van der Waals surface area (Å²) in [6.07, 6.45) is 0. The Morgan fingerprint density at radius 3 is 1.60 bits per heavy atom. The smallest absolute Gasteiger partial charge is 0.318 e. The lowest BCUT2D eigenvalue weighted by atomic mass is 10.0. The van der Waals surface area contributed by atoms with E-state index in [0.717, 1.165) is 13.1 Å². The summed E-state index contributed by atoms with van der Waals surface area (Å²) < 4.78 is 10.2. The van der Waals surface area contributed by atoms with Gasteiger partial charge < -0.3 is 24.6 Å². The summed E-state index contributed by atoms with van der Waals surface area (Å²) in [6.45, 7) is 12.2. The Kier molecular flexibility index (Phi) is 9.44. The molecule has 2 rings (SSSR count). The number of Topliss-reactive ketones (excluding diaryl/α,β-unsaturated/α-hetero) is 1. The molecular formula is C17H31N3O5. The molecule has 8 nitrogen and oxygen atoms in total. The van der Waals surface area contributed by atoms with Crippen molar-refractivity contribution in [2.24, 2.45) is 5.92 Å². The molecule has 2 fully saturated rings. The lowest BCUT2D eigenvalue weighted by Gasteiger charge is -2.29. The second-order valence-corrected chi connectivity index (χ2v) is 6.50. The summed E-state index contributed by atoms with van der Waals surface area (Å²) in [6, 6.07) is -0.562. The van der Waals surface area contributed by atoms with E-state index in [1.54, 1.807) is 16.7 Å². The second kappa shape index (κ2) is 11.0. The van der Waals surface area contributed by atoms with Gasteiger partial charge in [0.25, 0.3) is 0 Å². The van der Waals surface area contributed by atoms with E-state index in [-0.39, 0.29) is 23.6 Å². The molecule has 0 aromatic rings. The summed E-state index contributed by atoms with van der Waals surface area (Å²) in [4.78, 5) is 37.3. The highest BCUT2D eigenvalue weighted by Gasteiger charge is 2.24. The number of nitrogens with one attached hydrogen (secondary N) is 1. The Morgan fingerprint density at radius 1 is 0.840 bits per heavy atom. The van der Waals surface area contributed by atoms with Gasteiger partial charge >= 0.3 is 6.03 Å². The molecule has 0 aromatic heterocycles. The number of ether oxygens (including phenoxy) is 2. The predicted molar refractivity (Wildman–Crippen MR) is 93.3 cm³/mol. The second-order valence-electron chi connectivity index (χ2n) is 6.50. The van der Waals surface area contributed by atoms with Crippen LogP contribution in [0.2, 0.25) is 0 Å². The van der Waals surface area contributed by atoms with Crippen LogP contribution in [0.25, 0.3) is 0 Å². The van der Waals surface area contributed by atoms with Gasteiger partial charge in [-0.15, -0.1) is 0 Å². The standard InChI is InChI=1S/C11H20N2O3.C6H11NO2/c1-8(2)10(9(3)14)12-11(15)13-4-6-16-7-5-13;1-6(8)7-2-4-9-5-3-7/h8,10H,4-7H2,1-3H3,(H,12,15);2-5H2,1H3. The normalized spacial score (nSPS) is 18.9. The van der Waals surface area contributed by atoms with Crippen molar-refractivity contribution in [2.75, 3.05) is 52.6 Å². The maximum absolute atomic E-state index is 11.8. The summed E-state index contributed by atoms with van der Waals surface area (Å²) in [5.74, 6) is 0.261. The topological polar surface area (TPSA) is 88.2 Å². The molecule has 0 spiro atoms. The monoisotopic (exact) mass is 357 g/mol. The highest BCUT2D eigenvalue weighted by Crippen LogP contribution is 2.05. The zero-order valence-corrected chi connectivity index (χ0v) is 15.7. The number of hydrogen-bond donors (Lipinski definition) is 1. The van der Waals surface area contributed by atoms with Crippen LogP contribution in [0.4, 0.5) is 4.79 Å². The number of carbonyl (C=O) groups excluding carboxylic acids is 3. The first-order valence-corrected chi connectivity index (χ1v) is 8.79. The zero-order valence-electron chi connectivity index (χ0n) is 15.7. The summed E-state index contributed by atoms with van der Waals surface area (Å²) in [5.41, 5.74) is 0. The number of morpholine rings is 2. The highest BCUT2D eigenvalue weighted by atomic mass is 16.5. The summed E-state index contributed by atoms with van der Waals surface area (Å²) in [7, 11) is 0. The van der Waals surface area contributed by atoms with Crippen molar-refractivity contribution in [3.63, 3.8) is 0 Å². The molecule has 0 saturated carbocycles. The Hall–Kier alpha value is -1.67. The third-order valence-electron chi connectivity index (χ3n) is 4.14. The van der Waals surface area contributed by atoms with Crippen LogP contribution < -0.4 is 5.32 Å². The number of urea groups is 1. The van der Waals surface area contributed by atoms with Gasteiger partial charge in [-0.25, -0.2) is 4.79 Å². The quantitative estimate of drug-likeness (QED) is 0.795. The average molecular weight is 357 g/mol. The van der Waals surface area contributed by atoms with E-state index in [4.69, 9.17) is 9.47 Å². The van der Waals surface area contributed by atoms with Crippen molar-refractivity contribution >= 4 is 17.7 Å². The molecule has 2 heterocycles. The van der Waals surface area contributed by atoms with Gasteiger partial charge in [-0.05, 0) is 12.8 Å². The van der Waals surface area contributed by atoms with Crippen LogP contribution in [0.5, 0.6) is 0 Å². The molecule has 3 amide bonds. The van der Waals surface area contributed by atoms with Crippen LogP contribution in [0, 0.1) is 5.92 Å². The van der Waals surface area contributed by atoms with Crippen LogP contribution >= 0.6 is 0 Å². The van der Waals surface area contributed by atoms with Gasteiger partial charge in [-0.1, -0.05) is 13.8 Å². The van der Waals surface area contributed by atoms with Crippen LogP contribution in [-0.2, 0) is 19.1 Å². The van der Waals surface area contributed by atoms with Crippen LogP contribution in [0.1, 0.15) is 27.7 Å². The van der Waals surface area contributed by atoms with Gasteiger partial charge in [0.15, 0.2) is 5.78 Å². The molecule has 25 heavy (non-hydrogen) atoms. The minimum Gasteiger partial charge on any atom is -0.378 e. The Morgan fingerprint density at radius 2 is 1.28 bits per heavy atom. The van der Waals surface area contributed by atoms with Crippen molar-refractivity contribution in [3.8, 4) is 0 Å². The maximum Gasteiger partial charge on any atom is 0.318 e. The lowest BCUT2D eigenvalue weighted by molar-refractivity contribution is -0.132. The number of ketones is 1. The number of rotatable bonds is 3. The van der Waals surface area contributed by atoms with E-state index < -0.39 is 6.04 Å². The molecule has 144 valence electrons. The van der Waals surface area contributed by atoms with Gasteiger partial charge in [0, 0.05) is 33.1 Å². The van der Waals surface area contributed by atoms with Crippen LogP contribution in [0.3, 0.4) is 0 Å². The Balaban J connectivity index is 0.000000293. The summed E-state index contributed by atoms with van der Waals surface area (Å²) in [5, 5.41) is 2.77. The van der Waals surface area contributed by atoms with Crippen LogP contribution in [-0.4, -0.2) is 86.2 Å². The third kappa shape index (κ3) is 7.83. The highest BCUT2D eigenvalue weighted by molar-refractivity contribution is 5.87. The predicted octanol–water partition coefficient (Wildman–Crippen LogP) is 0.507. The maximum atomic E-state index is 11.8. The van der Waals surface area contributed by atoms with E-state index in [1.807, 2.05) is 13.8 Å².